The molecule has 1 amide bonds. The molecule has 0 aromatic heterocycles. The van der Waals surface area contributed by atoms with Gasteiger partial charge in [0.25, 0.3) is 0 Å². The maximum absolute atomic E-state index is 11.3. The van der Waals surface area contributed by atoms with E-state index >= 15 is 0 Å². The topological polar surface area (TPSA) is 134 Å². The summed E-state index contributed by atoms with van der Waals surface area (Å²) in [5.74, 6) is -0.353. The maximum Gasteiger partial charge on any atom is 0.236 e. The largest absolute Gasteiger partial charge is 0.370 e. The van der Waals surface area contributed by atoms with Crippen LogP contribution in [0.15, 0.2) is 0 Å². The van der Waals surface area contributed by atoms with Gasteiger partial charge in [0.2, 0.25) is 5.91 Å². The summed E-state index contributed by atoms with van der Waals surface area (Å²) in [5, 5.41) is 12.1. The van der Waals surface area contributed by atoms with Crippen molar-refractivity contribution in [2.45, 2.75) is 25.3 Å². The molecule has 0 unspecified atom stereocenters. The van der Waals surface area contributed by atoms with E-state index < -0.39 is 6.04 Å². The van der Waals surface area contributed by atoms with Crippen LogP contribution in [0.1, 0.15) is 19.3 Å². The predicted molar refractivity (Wildman–Crippen MR) is 60.8 cm³/mol. The molecule has 1 atom stereocenters. The molecule has 0 fully saturated rings. The van der Waals surface area contributed by atoms with Crippen molar-refractivity contribution in [3.63, 3.8) is 0 Å². The van der Waals surface area contributed by atoms with E-state index in [-0.39, 0.29) is 11.9 Å². The Morgan fingerprint density at radius 1 is 1.38 bits per heavy atom. The number of amides is 1. The average molecular weight is 229 g/mol. The van der Waals surface area contributed by atoms with Crippen LogP contribution in [0.25, 0.3) is 0 Å². The van der Waals surface area contributed by atoms with Gasteiger partial charge in [0.1, 0.15) is 6.29 Å². The summed E-state index contributed by atoms with van der Waals surface area (Å²) in [6.45, 7) is 0.840. The number of rotatable bonds is 8. The van der Waals surface area contributed by atoms with Crippen LogP contribution in [-0.2, 0) is 9.59 Å². The van der Waals surface area contributed by atoms with E-state index in [0.29, 0.717) is 32.4 Å². The third kappa shape index (κ3) is 7.74. The summed E-state index contributed by atoms with van der Waals surface area (Å²) >= 11 is 0. The van der Waals surface area contributed by atoms with Crippen molar-refractivity contribution in [3.05, 3.63) is 0 Å². The molecule has 0 saturated heterocycles. The molecule has 0 aromatic carbocycles. The van der Waals surface area contributed by atoms with Crippen LogP contribution in [0.3, 0.4) is 0 Å². The van der Waals surface area contributed by atoms with Crippen molar-refractivity contribution in [2.75, 3.05) is 13.1 Å². The summed E-state index contributed by atoms with van der Waals surface area (Å²) in [4.78, 5) is 21.3. The molecular formula is C9H19N5O2. The molecule has 0 rings (SSSR count). The standard InChI is InChI=1S/C9H19N5O2/c10-7(3-1-4-14-9(11)12)8(16)13-5-2-6-15/h6-7H,1-5,10H2,(H,13,16)(H4,11,12,14)/t7-/m1/s1. The molecule has 7 nitrogen and oxygen atoms in total. The maximum atomic E-state index is 11.3. The van der Waals surface area contributed by atoms with Crippen molar-refractivity contribution < 1.29 is 9.59 Å². The van der Waals surface area contributed by atoms with Gasteiger partial charge < -0.3 is 26.9 Å². The Kier molecular flexibility index (Phi) is 7.78. The van der Waals surface area contributed by atoms with Gasteiger partial charge in [-0.05, 0) is 12.8 Å². The molecule has 0 aliphatic carbocycles. The van der Waals surface area contributed by atoms with Gasteiger partial charge in [-0.25, -0.2) is 0 Å². The number of carbonyl (C=O) groups excluding carboxylic acids is 2. The third-order valence-corrected chi connectivity index (χ3v) is 1.91. The molecule has 0 aromatic rings. The van der Waals surface area contributed by atoms with Crippen LogP contribution in [0, 0.1) is 5.41 Å². The second-order valence-corrected chi connectivity index (χ2v) is 3.34. The monoisotopic (exact) mass is 229 g/mol. The Morgan fingerprint density at radius 3 is 2.62 bits per heavy atom. The zero-order chi connectivity index (χ0) is 12.4. The van der Waals surface area contributed by atoms with E-state index in [2.05, 4.69) is 10.6 Å². The number of guanidine groups is 1. The van der Waals surface area contributed by atoms with Gasteiger partial charge in [0, 0.05) is 19.5 Å². The number of carbonyl (C=O) groups is 2. The lowest BCUT2D eigenvalue weighted by molar-refractivity contribution is -0.122. The molecule has 0 saturated carbocycles. The van der Waals surface area contributed by atoms with Crippen molar-refractivity contribution in [1.29, 1.82) is 5.41 Å². The number of nitrogens with one attached hydrogen (secondary N) is 3. The highest BCUT2D eigenvalue weighted by molar-refractivity contribution is 5.81. The Hall–Kier alpha value is -1.63. The Labute approximate surface area is 94.4 Å². The Bertz CT molecular complexity index is 244. The van der Waals surface area contributed by atoms with Gasteiger partial charge in [-0.2, -0.15) is 0 Å². The quantitative estimate of drug-likeness (QED) is 0.146. The summed E-state index contributed by atoms with van der Waals surface area (Å²) < 4.78 is 0. The molecule has 16 heavy (non-hydrogen) atoms. The van der Waals surface area contributed by atoms with Gasteiger partial charge >= 0.3 is 0 Å². The van der Waals surface area contributed by atoms with Gasteiger partial charge in [0.15, 0.2) is 5.96 Å². The van der Waals surface area contributed by atoms with Crippen LogP contribution in [-0.4, -0.2) is 37.3 Å². The van der Waals surface area contributed by atoms with E-state index in [0.717, 1.165) is 6.29 Å². The highest BCUT2D eigenvalue weighted by atomic mass is 16.2. The summed E-state index contributed by atoms with van der Waals surface area (Å²) in [6, 6.07) is -0.583. The smallest absolute Gasteiger partial charge is 0.236 e. The summed E-state index contributed by atoms with van der Waals surface area (Å²) in [6.07, 6.45) is 2.20. The van der Waals surface area contributed by atoms with Crippen LogP contribution < -0.4 is 22.1 Å². The molecule has 0 radical (unpaired) electrons. The van der Waals surface area contributed by atoms with Crippen LogP contribution >= 0.6 is 0 Å². The van der Waals surface area contributed by atoms with E-state index in [4.69, 9.17) is 16.9 Å². The zero-order valence-electron chi connectivity index (χ0n) is 9.16. The molecule has 7 heteroatoms. The molecule has 0 aliphatic rings. The van der Waals surface area contributed by atoms with Crippen molar-refractivity contribution >= 4 is 18.2 Å². The van der Waals surface area contributed by atoms with Crippen molar-refractivity contribution in [2.24, 2.45) is 11.5 Å². The third-order valence-electron chi connectivity index (χ3n) is 1.91. The first-order valence-corrected chi connectivity index (χ1v) is 5.12. The second-order valence-electron chi connectivity index (χ2n) is 3.34. The minimum atomic E-state index is -0.583. The molecule has 7 N–H and O–H groups in total. The van der Waals surface area contributed by atoms with E-state index in [9.17, 15) is 9.59 Å². The summed E-state index contributed by atoms with van der Waals surface area (Å²) in [7, 11) is 0. The highest BCUT2D eigenvalue weighted by Gasteiger charge is 2.11. The highest BCUT2D eigenvalue weighted by Crippen LogP contribution is 1.93. The normalized spacial score (nSPS) is 11.6. The second kappa shape index (κ2) is 8.66. The molecule has 0 aliphatic heterocycles. The number of hydrogen-bond acceptors (Lipinski definition) is 4. The van der Waals surface area contributed by atoms with Crippen LogP contribution in [0.4, 0.5) is 0 Å². The average Bonchev–Trinajstić information content (AvgIpc) is 2.24. The summed E-state index contributed by atoms with van der Waals surface area (Å²) in [5.41, 5.74) is 10.7. The van der Waals surface area contributed by atoms with Crippen molar-refractivity contribution in [1.82, 2.24) is 10.6 Å². The van der Waals surface area contributed by atoms with E-state index in [1.807, 2.05) is 0 Å². The fourth-order valence-corrected chi connectivity index (χ4v) is 1.06. The minimum Gasteiger partial charge on any atom is -0.370 e. The van der Waals surface area contributed by atoms with Crippen LogP contribution in [0.5, 0.6) is 0 Å². The van der Waals surface area contributed by atoms with E-state index in [1.54, 1.807) is 0 Å². The fourth-order valence-electron chi connectivity index (χ4n) is 1.06. The first kappa shape index (κ1) is 14.4. The van der Waals surface area contributed by atoms with Gasteiger partial charge in [-0.3, -0.25) is 10.2 Å². The number of hydrogen-bond donors (Lipinski definition) is 5. The lowest BCUT2D eigenvalue weighted by atomic mass is 10.1. The first-order chi connectivity index (χ1) is 7.57. The van der Waals surface area contributed by atoms with Crippen LogP contribution in [0.2, 0.25) is 0 Å². The molecular weight excluding hydrogens is 210 g/mol. The molecule has 0 heterocycles. The Morgan fingerprint density at radius 2 is 2.06 bits per heavy atom. The fraction of sp³-hybridized carbons (Fsp3) is 0.667. The molecule has 92 valence electrons. The van der Waals surface area contributed by atoms with Gasteiger partial charge in [-0.1, -0.05) is 0 Å². The van der Waals surface area contributed by atoms with Gasteiger partial charge in [-0.15, -0.1) is 0 Å². The minimum absolute atomic E-state index is 0.0935. The molecule has 0 spiro atoms. The SMILES string of the molecule is N=C(N)NCCC[C@@H](N)C(=O)NCCC=O. The lowest BCUT2D eigenvalue weighted by Crippen LogP contribution is -2.41. The lowest BCUT2D eigenvalue weighted by Gasteiger charge is -2.11. The number of nitrogens with two attached hydrogens (primary N) is 2. The first-order valence-electron chi connectivity index (χ1n) is 5.12. The zero-order valence-corrected chi connectivity index (χ0v) is 9.16. The molecule has 0 bridgehead atoms. The number of aldehydes is 1. The van der Waals surface area contributed by atoms with Crippen molar-refractivity contribution in [3.8, 4) is 0 Å². The van der Waals surface area contributed by atoms with E-state index in [1.165, 1.54) is 0 Å². The van der Waals surface area contributed by atoms with Gasteiger partial charge in [0.05, 0.1) is 6.04 Å². The predicted octanol–water partition coefficient (Wildman–Crippen LogP) is -1.72. The Balaban J connectivity index is 3.54.